The van der Waals surface area contributed by atoms with E-state index in [-0.39, 0.29) is 5.91 Å². The SMILES string of the molecule is Cc1cc(Nc2cncc(C(=O)Nc3c(Cl)cccc3Cl)c2)no1. The zero-order valence-electron chi connectivity index (χ0n) is 12.5. The van der Waals surface area contributed by atoms with Gasteiger partial charge < -0.3 is 15.2 Å². The van der Waals surface area contributed by atoms with Crippen LogP contribution in [0.1, 0.15) is 16.1 Å². The number of pyridine rings is 1. The van der Waals surface area contributed by atoms with Crippen LogP contribution in [0.3, 0.4) is 0 Å². The first kappa shape index (κ1) is 16.3. The summed E-state index contributed by atoms with van der Waals surface area (Å²) in [5.74, 6) is 0.825. The molecule has 2 heterocycles. The Labute approximate surface area is 147 Å². The average molecular weight is 363 g/mol. The van der Waals surface area contributed by atoms with Crippen LogP contribution in [0.5, 0.6) is 0 Å². The lowest BCUT2D eigenvalue weighted by molar-refractivity contribution is 0.102. The second kappa shape index (κ2) is 6.90. The van der Waals surface area contributed by atoms with E-state index >= 15 is 0 Å². The number of nitrogens with zero attached hydrogens (tertiary/aromatic N) is 2. The monoisotopic (exact) mass is 362 g/mol. The van der Waals surface area contributed by atoms with Crippen molar-refractivity contribution in [2.24, 2.45) is 0 Å². The number of para-hydroxylation sites is 1. The Bertz CT molecular complexity index is 875. The first-order valence-electron chi connectivity index (χ1n) is 6.93. The van der Waals surface area contributed by atoms with E-state index in [1.807, 2.05) is 0 Å². The van der Waals surface area contributed by atoms with Crippen LogP contribution >= 0.6 is 23.2 Å². The molecule has 6 nitrogen and oxygen atoms in total. The van der Waals surface area contributed by atoms with Crippen LogP contribution in [0, 0.1) is 6.92 Å². The third kappa shape index (κ3) is 3.67. The maximum absolute atomic E-state index is 12.4. The van der Waals surface area contributed by atoms with E-state index in [9.17, 15) is 4.79 Å². The van der Waals surface area contributed by atoms with Gasteiger partial charge in [-0.15, -0.1) is 0 Å². The summed E-state index contributed by atoms with van der Waals surface area (Å²) in [5, 5.41) is 10.2. The van der Waals surface area contributed by atoms with Crippen LogP contribution < -0.4 is 10.6 Å². The fourth-order valence-electron chi connectivity index (χ4n) is 2.01. The number of carbonyl (C=O) groups excluding carboxylic acids is 1. The van der Waals surface area contributed by atoms with Crippen molar-refractivity contribution < 1.29 is 9.32 Å². The van der Waals surface area contributed by atoms with Crippen LogP contribution in [0.25, 0.3) is 0 Å². The molecule has 0 bridgehead atoms. The zero-order chi connectivity index (χ0) is 17.1. The number of rotatable bonds is 4. The fraction of sp³-hybridized carbons (Fsp3) is 0.0625. The summed E-state index contributed by atoms with van der Waals surface area (Å²) in [7, 11) is 0. The Balaban J connectivity index is 1.79. The quantitative estimate of drug-likeness (QED) is 0.704. The van der Waals surface area contributed by atoms with Crippen molar-refractivity contribution in [1.82, 2.24) is 10.1 Å². The number of nitrogens with one attached hydrogen (secondary N) is 2. The minimum absolute atomic E-state index is 0.344. The Morgan fingerprint density at radius 2 is 1.92 bits per heavy atom. The van der Waals surface area contributed by atoms with Crippen molar-refractivity contribution in [3.8, 4) is 0 Å². The number of amides is 1. The van der Waals surface area contributed by atoms with Crippen molar-refractivity contribution in [2.75, 3.05) is 10.6 Å². The molecule has 0 fully saturated rings. The van der Waals surface area contributed by atoms with Crippen LogP contribution in [0.15, 0.2) is 47.2 Å². The average Bonchev–Trinajstić information content (AvgIpc) is 2.96. The number of hydrogen-bond donors (Lipinski definition) is 2. The summed E-state index contributed by atoms with van der Waals surface area (Å²) >= 11 is 12.1. The van der Waals surface area contributed by atoms with Gasteiger partial charge in [0.2, 0.25) is 0 Å². The minimum Gasteiger partial charge on any atom is -0.360 e. The molecule has 24 heavy (non-hydrogen) atoms. The van der Waals surface area contributed by atoms with Gasteiger partial charge in [0, 0.05) is 12.3 Å². The maximum atomic E-state index is 12.4. The number of hydrogen-bond acceptors (Lipinski definition) is 5. The van der Waals surface area contributed by atoms with Crippen molar-refractivity contribution in [3.63, 3.8) is 0 Å². The van der Waals surface area contributed by atoms with E-state index in [1.165, 1.54) is 6.20 Å². The number of anilines is 3. The Kier molecular flexibility index (Phi) is 4.69. The molecule has 1 aromatic carbocycles. The molecule has 3 rings (SSSR count). The summed E-state index contributed by atoms with van der Waals surface area (Å²) in [4.78, 5) is 16.4. The molecule has 0 saturated carbocycles. The van der Waals surface area contributed by atoms with Crippen LogP contribution in [-0.2, 0) is 0 Å². The normalized spacial score (nSPS) is 10.5. The molecule has 3 aromatic rings. The molecule has 0 spiro atoms. The third-order valence-electron chi connectivity index (χ3n) is 3.10. The molecular weight excluding hydrogens is 351 g/mol. The topological polar surface area (TPSA) is 80.0 Å². The molecule has 0 saturated heterocycles. The molecule has 1 amide bonds. The highest BCUT2D eigenvalue weighted by atomic mass is 35.5. The molecule has 8 heteroatoms. The lowest BCUT2D eigenvalue weighted by Crippen LogP contribution is -2.13. The highest BCUT2D eigenvalue weighted by Gasteiger charge is 2.12. The number of halogens is 2. The number of aryl methyl sites for hydroxylation is 1. The maximum Gasteiger partial charge on any atom is 0.257 e. The summed E-state index contributed by atoms with van der Waals surface area (Å²) < 4.78 is 4.98. The Morgan fingerprint density at radius 1 is 1.17 bits per heavy atom. The van der Waals surface area contributed by atoms with Gasteiger partial charge in [0.25, 0.3) is 5.91 Å². The summed E-state index contributed by atoms with van der Waals surface area (Å²) in [5.41, 5.74) is 1.30. The standard InChI is InChI=1S/C16H12Cl2N4O2/c1-9-5-14(22-24-9)20-11-6-10(7-19-8-11)16(23)21-15-12(17)3-2-4-13(15)18/h2-8H,1H3,(H,20,22)(H,21,23). The third-order valence-corrected chi connectivity index (χ3v) is 3.73. The molecule has 0 aliphatic heterocycles. The van der Waals surface area contributed by atoms with E-state index in [0.717, 1.165) is 0 Å². The van der Waals surface area contributed by atoms with Gasteiger partial charge in [-0.3, -0.25) is 9.78 Å². The van der Waals surface area contributed by atoms with Gasteiger partial charge in [0.05, 0.1) is 33.2 Å². The summed E-state index contributed by atoms with van der Waals surface area (Å²) in [6.07, 6.45) is 3.02. The van der Waals surface area contributed by atoms with Crippen LogP contribution in [0.4, 0.5) is 17.2 Å². The van der Waals surface area contributed by atoms with Gasteiger partial charge in [-0.1, -0.05) is 34.4 Å². The van der Waals surface area contributed by atoms with Crippen LogP contribution in [0.2, 0.25) is 10.0 Å². The summed E-state index contributed by atoms with van der Waals surface area (Å²) in [6.45, 7) is 1.79. The molecule has 0 atom stereocenters. The van der Waals surface area contributed by atoms with Gasteiger partial charge in [-0.2, -0.15) is 0 Å². The van der Waals surface area contributed by atoms with Gasteiger partial charge in [0.15, 0.2) is 5.82 Å². The van der Waals surface area contributed by atoms with Gasteiger partial charge in [0.1, 0.15) is 5.76 Å². The van der Waals surface area contributed by atoms with E-state index in [4.69, 9.17) is 27.7 Å². The number of carbonyl (C=O) groups is 1. The predicted octanol–water partition coefficient (Wildman–Crippen LogP) is 4.68. The van der Waals surface area contributed by atoms with Crippen LogP contribution in [-0.4, -0.2) is 16.0 Å². The smallest absolute Gasteiger partial charge is 0.257 e. The van der Waals surface area contributed by atoms with Crippen molar-refractivity contribution in [3.05, 3.63) is 64.1 Å². The second-order valence-corrected chi connectivity index (χ2v) is 5.78. The largest absolute Gasteiger partial charge is 0.360 e. The molecule has 0 aliphatic carbocycles. The molecular formula is C16H12Cl2N4O2. The van der Waals surface area contributed by atoms with Gasteiger partial charge >= 0.3 is 0 Å². The van der Waals surface area contributed by atoms with Crippen molar-refractivity contribution in [2.45, 2.75) is 6.92 Å². The van der Waals surface area contributed by atoms with Gasteiger partial charge in [-0.25, -0.2) is 0 Å². The highest BCUT2D eigenvalue weighted by Crippen LogP contribution is 2.30. The molecule has 0 unspecified atom stereocenters. The molecule has 2 N–H and O–H groups in total. The number of aromatic nitrogens is 2. The molecule has 0 radical (unpaired) electrons. The molecule has 2 aromatic heterocycles. The molecule has 122 valence electrons. The zero-order valence-corrected chi connectivity index (χ0v) is 14.0. The predicted molar refractivity (Wildman–Crippen MR) is 93.2 cm³/mol. The minimum atomic E-state index is -0.377. The van der Waals surface area contributed by atoms with E-state index in [2.05, 4.69) is 20.8 Å². The fourth-order valence-corrected chi connectivity index (χ4v) is 2.50. The number of benzene rings is 1. The van der Waals surface area contributed by atoms with Gasteiger partial charge in [-0.05, 0) is 25.1 Å². The van der Waals surface area contributed by atoms with E-state index < -0.39 is 0 Å². The van der Waals surface area contributed by atoms with E-state index in [1.54, 1.807) is 43.5 Å². The van der Waals surface area contributed by atoms with E-state index in [0.29, 0.717) is 38.6 Å². The lowest BCUT2D eigenvalue weighted by Gasteiger charge is -2.10. The van der Waals surface area contributed by atoms with Crippen molar-refractivity contribution in [1.29, 1.82) is 0 Å². The first-order chi connectivity index (χ1) is 11.5. The highest BCUT2D eigenvalue weighted by molar-refractivity contribution is 6.40. The second-order valence-electron chi connectivity index (χ2n) is 4.96. The Morgan fingerprint density at radius 3 is 2.58 bits per heavy atom. The lowest BCUT2D eigenvalue weighted by atomic mass is 10.2. The summed E-state index contributed by atoms with van der Waals surface area (Å²) in [6, 6.07) is 8.36. The Hall–Kier alpha value is -2.57. The van der Waals surface area contributed by atoms with Crippen molar-refractivity contribution >= 4 is 46.3 Å². The molecule has 0 aliphatic rings. The first-order valence-corrected chi connectivity index (χ1v) is 7.69.